The Bertz CT molecular complexity index is 663. The molecule has 0 N–H and O–H groups in total. The van der Waals surface area contributed by atoms with Crippen LogP contribution in [-0.2, 0) is 20.9 Å². The molecule has 0 radical (unpaired) electrons. The van der Waals surface area contributed by atoms with Crippen LogP contribution in [0.1, 0.15) is 5.56 Å². The quantitative estimate of drug-likeness (QED) is 0.451. The Morgan fingerprint density at radius 3 is 2.79 bits per heavy atom. The van der Waals surface area contributed by atoms with Gasteiger partial charge in [0.05, 0.1) is 19.0 Å². The highest BCUT2D eigenvalue weighted by Crippen LogP contribution is 2.18. The number of rotatable bonds is 6. The maximum Gasteiger partial charge on any atom is 0.316 e. The molecule has 0 saturated carbocycles. The molecule has 0 aliphatic carbocycles. The fraction of sp³-hybridized carbons (Fsp3) is 0.353. The number of carbonyl (C=O) groups excluding carboxylic acids is 1. The van der Waals surface area contributed by atoms with Crippen molar-refractivity contribution in [2.24, 2.45) is 0 Å². The van der Waals surface area contributed by atoms with Crippen molar-refractivity contribution in [2.45, 2.75) is 11.8 Å². The monoisotopic (exact) mass is 345 g/mol. The molecule has 1 saturated heterocycles. The Kier molecular flexibility index (Phi) is 6.03. The first-order valence-electron chi connectivity index (χ1n) is 7.79. The topological polar surface area (TPSA) is 64.6 Å². The minimum atomic E-state index is -0.274. The molecule has 1 fully saturated rings. The molecule has 2 aromatic rings. The summed E-state index contributed by atoms with van der Waals surface area (Å²) in [5, 5.41) is 0.579. The smallest absolute Gasteiger partial charge is 0.316 e. The number of morpholine rings is 1. The van der Waals surface area contributed by atoms with Gasteiger partial charge in [-0.05, 0) is 11.6 Å². The van der Waals surface area contributed by atoms with Crippen LogP contribution in [0.15, 0.2) is 47.8 Å². The molecule has 126 valence electrons. The van der Waals surface area contributed by atoms with E-state index in [1.165, 1.54) is 11.8 Å². The largest absolute Gasteiger partial charge is 0.460 e. The van der Waals surface area contributed by atoms with E-state index in [0.717, 1.165) is 24.5 Å². The lowest BCUT2D eigenvalue weighted by Gasteiger charge is -2.27. The van der Waals surface area contributed by atoms with Gasteiger partial charge < -0.3 is 14.4 Å². The van der Waals surface area contributed by atoms with Crippen molar-refractivity contribution >= 4 is 23.5 Å². The van der Waals surface area contributed by atoms with Crippen LogP contribution in [0.5, 0.6) is 0 Å². The molecule has 0 atom stereocenters. The van der Waals surface area contributed by atoms with Crippen LogP contribution in [-0.4, -0.2) is 48.0 Å². The van der Waals surface area contributed by atoms with Gasteiger partial charge in [0.2, 0.25) is 0 Å². The number of esters is 1. The van der Waals surface area contributed by atoms with Crippen molar-refractivity contribution in [1.82, 2.24) is 9.97 Å². The number of hydrogen-bond donors (Lipinski definition) is 0. The van der Waals surface area contributed by atoms with Gasteiger partial charge in [-0.15, -0.1) is 0 Å². The molecular formula is C17H19N3O3S. The van der Waals surface area contributed by atoms with Crippen molar-refractivity contribution in [3.63, 3.8) is 0 Å². The zero-order valence-electron chi connectivity index (χ0n) is 13.3. The van der Waals surface area contributed by atoms with Crippen LogP contribution in [0.25, 0.3) is 0 Å². The van der Waals surface area contributed by atoms with E-state index in [0.29, 0.717) is 18.4 Å². The Hall–Kier alpha value is -2.12. The fourth-order valence-corrected chi connectivity index (χ4v) is 2.90. The SMILES string of the molecule is O=C(CSc1nccc(N2CCOCC2)n1)OCc1ccccc1. The minimum Gasteiger partial charge on any atom is -0.460 e. The average Bonchev–Trinajstić information content (AvgIpc) is 2.66. The lowest BCUT2D eigenvalue weighted by Crippen LogP contribution is -2.36. The summed E-state index contributed by atoms with van der Waals surface area (Å²) in [6.45, 7) is 3.34. The van der Waals surface area contributed by atoms with Crippen LogP contribution in [0.2, 0.25) is 0 Å². The Morgan fingerprint density at radius 2 is 2.00 bits per heavy atom. The van der Waals surface area contributed by atoms with Crippen LogP contribution in [0.4, 0.5) is 5.82 Å². The van der Waals surface area contributed by atoms with Gasteiger partial charge >= 0.3 is 5.97 Å². The Morgan fingerprint density at radius 1 is 1.21 bits per heavy atom. The maximum atomic E-state index is 11.9. The molecule has 24 heavy (non-hydrogen) atoms. The van der Waals surface area contributed by atoms with E-state index >= 15 is 0 Å². The summed E-state index contributed by atoms with van der Waals surface area (Å²) < 4.78 is 10.6. The molecule has 0 unspecified atom stereocenters. The molecule has 7 heteroatoms. The molecule has 0 bridgehead atoms. The van der Waals surface area contributed by atoms with Gasteiger partial charge in [0.15, 0.2) is 5.16 Å². The summed E-state index contributed by atoms with van der Waals surface area (Å²) in [6.07, 6.45) is 1.72. The number of carbonyl (C=O) groups is 1. The van der Waals surface area contributed by atoms with Gasteiger partial charge in [-0.2, -0.15) is 0 Å². The Labute approximate surface area is 145 Å². The summed E-state index contributed by atoms with van der Waals surface area (Å²) in [4.78, 5) is 22.7. The Balaban J connectivity index is 1.48. The standard InChI is InChI=1S/C17H19N3O3S/c21-16(23-12-14-4-2-1-3-5-14)13-24-17-18-7-6-15(19-17)20-8-10-22-11-9-20/h1-7H,8-13H2. The number of anilines is 1. The van der Waals surface area contributed by atoms with Gasteiger partial charge in [-0.3, -0.25) is 4.79 Å². The summed E-state index contributed by atoms with van der Waals surface area (Å²) >= 11 is 1.29. The number of thioether (sulfide) groups is 1. The summed E-state index contributed by atoms with van der Waals surface area (Å²) in [7, 11) is 0. The van der Waals surface area contributed by atoms with Crippen molar-refractivity contribution < 1.29 is 14.3 Å². The van der Waals surface area contributed by atoms with Crippen LogP contribution >= 0.6 is 11.8 Å². The van der Waals surface area contributed by atoms with Crippen LogP contribution < -0.4 is 4.90 Å². The molecule has 1 aromatic heterocycles. The van der Waals surface area contributed by atoms with Gasteiger partial charge in [0.25, 0.3) is 0 Å². The van der Waals surface area contributed by atoms with Gasteiger partial charge in [0, 0.05) is 19.3 Å². The summed E-state index contributed by atoms with van der Waals surface area (Å²) in [5.41, 5.74) is 0.974. The zero-order chi connectivity index (χ0) is 16.6. The zero-order valence-corrected chi connectivity index (χ0v) is 14.1. The number of nitrogens with zero attached hydrogens (tertiary/aromatic N) is 3. The lowest BCUT2D eigenvalue weighted by atomic mass is 10.2. The molecule has 0 amide bonds. The van der Waals surface area contributed by atoms with Gasteiger partial charge in [-0.1, -0.05) is 42.1 Å². The van der Waals surface area contributed by atoms with E-state index < -0.39 is 0 Å². The second kappa shape index (κ2) is 8.65. The molecule has 6 nitrogen and oxygen atoms in total. The summed E-state index contributed by atoms with van der Waals surface area (Å²) in [6, 6.07) is 11.5. The van der Waals surface area contributed by atoms with E-state index in [9.17, 15) is 4.79 Å². The van der Waals surface area contributed by atoms with E-state index in [2.05, 4.69) is 14.9 Å². The molecule has 1 aliphatic heterocycles. The number of ether oxygens (including phenoxy) is 2. The molecule has 3 rings (SSSR count). The predicted octanol–water partition coefficient (Wildman–Crippen LogP) is 2.15. The fourth-order valence-electron chi connectivity index (χ4n) is 2.27. The van der Waals surface area contributed by atoms with Crippen molar-refractivity contribution in [2.75, 3.05) is 37.0 Å². The molecule has 1 aromatic carbocycles. The number of hydrogen-bond acceptors (Lipinski definition) is 7. The third kappa shape index (κ3) is 4.94. The van der Waals surface area contributed by atoms with E-state index in [1.807, 2.05) is 36.4 Å². The third-order valence-corrected chi connectivity index (χ3v) is 4.35. The second-order valence-corrected chi connectivity index (χ2v) is 6.17. The summed E-state index contributed by atoms with van der Waals surface area (Å²) in [5.74, 6) is 0.789. The van der Waals surface area contributed by atoms with Crippen molar-refractivity contribution in [3.05, 3.63) is 48.2 Å². The van der Waals surface area contributed by atoms with Gasteiger partial charge in [-0.25, -0.2) is 9.97 Å². The highest BCUT2D eigenvalue weighted by atomic mass is 32.2. The first-order chi connectivity index (χ1) is 11.8. The second-order valence-electron chi connectivity index (χ2n) is 5.23. The van der Waals surface area contributed by atoms with E-state index in [1.54, 1.807) is 6.20 Å². The molecule has 0 spiro atoms. The molecular weight excluding hydrogens is 326 g/mol. The predicted molar refractivity (Wildman–Crippen MR) is 92.0 cm³/mol. The first-order valence-corrected chi connectivity index (χ1v) is 8.78. The highest BCUT2D eigenvalue weighted by Gasteiger charge is 2.14. The highest BCUT2D eigenvalue weighted by molar-refractivity contribution is 7.99. The first kappa shape index (κ1) is 16.7. The maximum absolute atomic E-state index is 11.9. The minimum absolute atomic E-state index is 0.194. The van der Waals surface area contributed by atoms with Crippen molar-refractivity contribution in [1.29, 1.82) is 0 Å². The van der Waals surface area contributed by atoms with Crippen LogP contribution in [0.3, 0.4) is 0 Å². The molecule has 2 heterocycles. The normalized spacial score (nSPS) is 14.4. The number of aromatic nitrogens is 2. The number of benzene rings is 1. The van der Waals surface area contributed by atoms with Crippen LogP contribution in [0, 0.1) is 0 Å². The third-order valence-electron chi connectivity index (χ3n) is 3.52. The van der Waals surface area contributed by atoms with Gasteiger partial charge in [0.1, 0.15) is 12.4 Å². The van der Waals surface area contributed by atoms with Crippen molar-refractivity contribution in [3.8, 4) is 0 Å². The van der Waals surface area contributed by atoms with E-state index in [4.69, 9.17) is 9.47 Å². The average molecular weight is 345 g/mol. The lowest BCUT2D eigenvalue weighted by molar-refractivity contribution is -0.141. The van der Waals surface area contributed by atoms with E-state index in [-0.39, 0.29) is 18.3 Å². The molecule has 1 aliphatic rings.